The third kappa shape index (κ3) is 4.73. The first kappa shape index (κ1) is 21.2. The maximum Gasteiger partial charge on any atom is 0.311 e. The minimum Gasteiger partial charge on any atom is -0.497 e. The summed E-state index contributed by atoms with van der Waals surface area (Å²) in [4.78, 5) is 23.0. The molecule has 2 aromatic rings. The van der Waals surface area contributed by atoms with E-state index in [1.165, 1.54) is 25.3 Å². The van der Waals surface area contributed by atoms with E-state index in [9.17, 15) is 14.9 Å². The van der Waals surface area contributed by atoms with Gasteiger partial charge < -0.3 is 24.3 Å². The number of hydrogen-bond acceptors (Lipinski definition) is 7. The first-order chi connectivity index (χ1) is 14.2. The maximum absolute atomic E-state index is 12.5. The van der Waals surface area contributed by atoms with E-state index in [1.807, 2.05) is 32.0 Å². The largest absolute Gasteiger partial charge is 0.497 e. The van der Waals surface area contributed by atoms with Crippen molar-refractivity contribution in [1.29, 1.82) is 0 Å². The molecule has 0 saturated carbocycles. The van der Waals surface area contributed by atoms with Crippen molar-refractivity contribution in [3.8, 4) is 23.0 Å². The molecule has 1 atom stereocenters. The van der Waals surface area contributed by atoms with Gasteiger partial charge in [0, 0.05) is 24.1 Å². The quantitative estimate of drug-likeness (QED) is 0.544. The van der Waals surface area contributed by atoms with Crippen molar-refractivity contribution >= 4 is 11.6 Å². The summed E-state index contributed by atoms with van der Waals surface area (Å²) in [5, 5.41) is 14.0. The van der Waals surface area contributed by atoms with Crippen LogP contribution in [0.1, 0.15) is 31.9 Å². The molecule has 160 valence electrons. The number of nitrogens with one attached hydrogen (secondary N) is 1. The fourth-order valence-electron chi connectivity index (χ4n) is 3.37. The van der Waals surface area contributed by atoms with Crippen LogP contribution in [0.15, 0.2) is 36.4 Å². The number of nitro benzene ring substituents is 1. The van der Waals surface area contributed by atoms with E-state index in [-0.39, 0.29) is 30.0 Å². The molecule has 30 heavy (non-hydrogen) atoms. The fraction of sp³-hybridized carbons (Fsp3) is 0.381. The number of carbonyl (C=O) groups is 1. The molecule has 0 aromatic heterocycles. The Labute approximate surface area is 174 Å². The van der Waals surface area contributed by atoms with E-state index in [2.05, 4.69) is 5.32 Å². The molecule has 0 radical (unpaired) electrons. The summed E-state index contributed by atoms with van der Waals surface area (Å²) in [6.07, 6.45) is 0.574. The van der Waals surface area contributed by atoms with Crippen LogP contribution >= 0.6 is 0 Å². The summed E-state index contributed by atoms with van der Waals surface area (Å²) >= 11 is 0. The normalized spacial score (nSPS) is 16.6. The molecule has 0 aliphatic carbocycles. The molecule has 1 aliphatic rings. The second-order valence-corrected chi connectivity index (χ2v) is 7.47. The summed E-state index contributed by atoms with van der Waals surface area (Å²) in [6.45, 7) is 3.66. The van der Waals surface area contributed by atoms with Gasteiger partial charge in [0.1, 0.15) is 22.8 Å². The van der Waals surface area contributed by atoms with Crippen LogP contribution in [0.2, 0.25) is 0 Å². The number of fused-ring (bicyclic) bond motifs is 1. The molecule has 0 saturated heterocycles. The Kier molecular flexibility index (Phi) is 6.00. The van der Waals surface area contributed by atoms with Crippen LogP contribution in [0.4, 0.5) is 5.69 Å². The van der Waals surface area contributed by atoms with Gasteiger partial charge in [-0.3, -0.25) is 14.9 Å². The lowest BCUT2D eigenvalue weighted by molar-refractivity contribution is -0.385. The summed E-state index contributed by atoms with van der Waals surface area (Å²) in [6, 6.07) is 9.28. The van der Waals surface area contributed by atoms with Gasteiger partial charge in [-0.1, -0.05) is 0 Å². The molecule has 1 amide bonds. The highest BCUT2D eigenvalue weighted by Gasteiger charge is 2.35. The van der Waals surface area contributed by atoms with Gasteiger partial charge in [-0.25, -0.2) is 0 Å². The van der Waals surface area contributed by atoms with Gasteiger partial charge in [0.2, 0.25) is 5.75 Å². The Hall–Kier alpha value is -3.49. The number of ether oxygens (including phenoxy) is 4. The van der Waals surface area contributed by atoms with Crippen molar-refractivity contribution in [2.45, 2.75) is 31.9 Å². The van der Waals surface area contributed by atoms with Crippen LogP contribution in [0.3, 0.4) is 0 Å². The average molecular weight is 416 g/mol. The van der Waals surface area contributed by atoms with Crippen LogP contribution in [0.5, 0.6) is 23.0 Å². The molecule has 1 N–H and O–H groups in total. The minimum atomic E-state index is -0.548. The Morgan fingerprint density at radius 1 is 1.20 bits per heavy atom. The second kappa shape index (κ2) is 8.48. The molecule has 0 unspecified atom stereocenters. The van der Waals surface area contributed by atoms with Gasteiger partial charge in [0.15, 0.2) is 6.61 Å². The molecule has 9 nitrogen and oxygen atoms in total. The van der Waals surface area contributed by atoms with E-state index in [4.69, 9.17) is 18.9 Å². The molecule has 1 aliphatic heterocycles. The SMILES string of the molecule is COc1ccc2c(c1)[C@@H](NC(=O)COc1ccc([N+](=O)[O-])c(OC)c1)CC(C)(C)O2. The summed E-state index contributed by atoms with van der Waals surface area (Å²) in [5.41, 5.74) is 0.204. The van der Waals surface area contributed by atoms with Gasteiger partial charge in [-0.2, -0.15) is 0 Å². The molecular formula is C21H24N2O7. The Balaban J connectivity index is 1.70. The number of hydrogen-bond donors (Lipinski definition) is 1. The van der Waals surface area contributed by atoms with E-state index in [1.54, 1.807) is 7.11 Å². The topological polar surface area (TPSA) is 109 Å². The monoisotopic (exact) mass is 416 g/mol. The lowest BCUT2D eigenvalue weighted by Gasteiger charge is -2.38. The number of nitro groups is 1. The Morgan fingerprint density at radius 2 is 1.93 bits per heavy atom. The fourth-order valence-corrected chi connectivity index (χ4v) is 3.37. The van der Waals surface area contributed by atoms with Gasteiger partial charge in [0.05, 0.1) is 25.2 Å². The molecule has 0 spiro atoms. The molecule has 2 aromatic carbocycles. The predicted molar refractivity (Wildman–Crippen MR) is 108 cm³/mol. The second-order valence-electron chi connectivity index (χ2n) is 7.47. The summed E-state index contributed by atoms with van der Waals surface area (Å²) in [7, 11) is 2.91. The van der Waals surface area contributed by atoms with Gasteiger partial charge in [-0.05, 0) is 38.1 Å². The number of amides is 1. The summed E-state index contributed by atoms with van der Waals surface area (Å²) in [5.74, 6) is 1.39. The number of nitrogens with zero attached hydrogens (tertiary/aromatic N) is 1. The zero-order valence-electron chi connectivity index (χ0n) is 17.3. The number of carbonyl (C=O) groups excluding carboxylic acids is 1. The van der Waals surface area contributed by atoms with Crippen LogP contribution in [0.25, 0.3) is 0 Å². The van der Waals surface area contributed by atoms with Crippen molar-refractivity contribution in [3.63, 3.8) is 0 Å². The molecule has 9 heteroatoms. The molecule has 3 rings (SSSR count). The van der Waals surface area contributed by atoms with E-state index < -0.39 is 10.5 Å². The van der Waals surface area contributed by atoms with Crippen LogP contribution in [0, 0.1) is 10.1 Å². The van der Waals surface area contributed by atoms with Gasteiger partial charge in [-0.15, -0.1) is 0 Å². The molecule has 0 bridgehead atoms. The zero-order valence-corrected chi connectivity index (χ0v) is 17.3. The molecule has 1 heterocycles. The van der Waals surface area contributed by atoms with E-state index >= 15 is 0 Å². The number of rotatable bonds is 7. The highest BCUT2D eigenvalue weighted by atomic mass is 16.6. The van der Waals surface area contributed by atoms with Crippen molar-refractivity contribution in [3.05, 3.63) is 52.1 Å². The highest BCUT2D eigenvalue weighted by molar-refractivity contribution is 5.78. The Morgan fingerprint density at radius 3 is 2.60 bits per heavy atom. The zero-order chi connectivity index (χ0) is 21.9. The van der Waals surface area contributed by atoms with Gasteiger partial charge >= 0.3 is 5.69 Å². The summed E-state index contributed by atoms with van der Waals surface area (Å²) < 4.78 is 21.8. The average Bonchev–Trinajstić information content (AvgIpc) is 2.70. The van der Waals surface area contributed by atoms with E-state index in [0.29, 0.717) is 23.7 Å². The first-order valence-electron chi connectivity index (χ1n) is 9.34. The predicted octanol–water partition coefficient (Wildman–Crippen LogP) is 3.41. The number of benzene rings is 2. The van der Waals surface area contributed by atoms with E-state index in [0.717, 1.165) is 5.56 Å². The van der Waals surface area contributed by atoms with Crippen LogP contribution in [-0.2, 0) is 4.79 Å². The lowest BCUT2D eigenvalue weighted by Crippen LogP contribution is -2.42. The van der Waals surface area contributed by atoms with Crippen LogP contribution in [-0.4, -0.2) is 37.3 Å². The van der Waals surface area contributed by atoms with Crippen molar-refractivity contribution in [2.24, 2.45) is 0 Å². The third-order valence-corrected chi connectivity index (χ3v) is 4.73. The lowest BCUT2D eigenvalue weighted by atomic mass is 9.89. The minimum absolute atomic E-state index is 0.0603. The standard InChI is InChI=1S/C21H24N2O7/c1-21(2)11-16(15-9-13(27-3)6-8-18(15)30-21)22-20(24)12-29-14-5-7-17(23(25)26)19(10-14)28-4/h5-10,16H,11-12H2,1-4H3,(H,22,24)/t16-/m0/s1. The Bertz CT molecular complexity index is 958. The smallest absolute Gasteiger partial charge is 0.311 e. The van der Waals surface area contributed by atoms with Gasteiger partial charge in [0.25, 0.3) is 5.91 Å². The molecule has 0 fully saturated rings. The first-order valence-corrected chi connectivity index (χ1v) is 9.34. The molecular weight excluding hydrogens is 392 g/mol. The highest BCUT2D eigenvalue weighted by Crippen LogP contribution is 2.41. The van der Waals surface area contributed by atoms with Crippen molar-refractivity contribution in [2.75, 3.05) is 20.8 Å². The number of methoxy groups -OCH3 is 2. The van der Waals surface area contributed by atoms with Crippen molar-refractivity contribution in [1.82, 2.24) is 5.32 Å². The van der Waals surface area contributed by atoms with Crippen LogP contribution < -0.4 is 24.3 Å². The third-order valence-electron chi connectivity index (χ3n) is 4.73. The maximum atomic E-state index is 12.5. The van der Waals surface area contributed by atoms with Crippen molar-refractivity contribution < 1.29 is 28.7 Å².